The van der Waals surface area contributed by atoms with Crippen molar-refractivity contribution in [2.75, 3.05) is 26.7 Å². The van der Waals surface area contributed by atoms with Crippen molar-refractivity contribution in [3.63, 3.8) is 0 Å². The van der Waals surface area contributed by atoms with Gasteiger partial charge in [0.2, 0.25) is 0 Å². The molecule has 0 spiro atoms. The summed E-state index contributed by atoms with van der Waals surface area (Å²) in [5, 5.41) is 13.5. The van der Waals surface area contributed by atoms with Crippen molar-refractivity contribution >= 4 is 5.96 Å². The number of aliphatic hydroxyl groups is 1. The lowest BCUT2D eigenvalue weighted by Crippen LogP contribution is -2.37. The third-order valence-electron chi connectivity index (χ3n) is 3.91. The fourth-order valence-corrected chi connectivity index (χ4v) is 2.56. The van der Waals surface area contributed by atoms with Crippen LogP contribution in [0.2, 0.25) is 0 Å². The van der Waals surface area contributed by atoms with Gasteiger partial charge in [0.25, 0.3) is 0 Å². The number of aliphatic hydroxyl groups excluding tert-OH is 1. The van der Waals surface area contributed by atoms with Gasteiger partial charge in [0, 0.05) is 20.1 Å². The molecule has 3 rings (SSSR count). The summed E-state index contributed by atoms with van der Waals surface area (Å²) < 4.78 is 0. The highest BCUT2D eigenvalue weighted by Gasteiger charge is 2.14. The Bertz CT molecular complexity index is 637. The third kappa shape index (κ3) is 3.28. The molecule has 2 aromatic carbocycles. The van der Waals surface area contributed by atoms with Crippen molar-refractivity contribution in [2.45, 2.75) is 6.10 Å². The molecule has 1 aliphatic heterocycles. The highest BCUT2D eigenvalue weighted by molar-refractivity contribution is 5.81. The van der Waals surface area contributed by atoms with Gasteiger partial charge in [0.15, 0.2) is 5.96 Å². The molecule has 0 amide bonds. The lowest BCUT2D eigenvalue weighted by molar-refractivity contribution is 0.180. The number of aliphatic imine (C=N–C) groups is 1. The van der Waals surface area contributed by atoms with E-state index in [1.165, 1.54) is 5.56 Å². The van der Waals surface area contributed by atoms with Gasteiger partial charge in [-0.2, -0.15) is 0 Å². The molecule has 114 valence electrons. The van der Waals surface area contributed by atoms with Crippen molar-refractivity contribution in [3.8, 4) is 11.1 Å². The van der Waals surface area contributed by atoms with Gasteiger partial charge >= 0.3 is 0 Å². The average Bonchev–Trinajstić information content (AvgIpc) is 2.99. The molecule has 1 unspecified atom stereocenters. The Kier molecular flexibility index (Phi) is 4.39. The van der Waals surface area contributed by atoms with Gasteiger partial charge in [-0.3, -0.25) is 4.99 Å². The Balaban J connectivity index is 1.62. The molecule has 1 heterocycles. The number of hydrogen-bond acceptors (Lipinski definition) is 4. The van der Waals surface area contributed by atoms with Crippen molar-refractivity contribution in [2.24, 2.45) is 4.99 Å². The van der Waals surface area contributed by atoms with Crippen LogP contribution in [0.3, 0.4) is 0 Å². The fraction of sp³-hybridized carbons (Fsp3) is 0.278. The maximum atomic E-state index is 10.3. The molecule has 4 heteroatoms. The van der Waals surface area contributed by atoms with Crippen LogP contribution in [0, 0.1) is 0 Å². The highest BCUT2D eigenvalue weighted by atomic mass is 16.3. The molecular formula is C18H21N3O. The quantitative estimate of drug-likeness (QED) is 0.910. The maximum absolute atomic E-state index is 10.3. The van der Waals surface area contributed by atoms with Crippen LogP contribution in [0.15, 0.2) is 59.6 Å². The van der Waals surface area contributed by atoms with Crippen LogP contribution < -0.4 is 5.32 Å². The predicted octanol–water partition coefficient (Wildman–Crippen LogP) is 2.28. The lowest BCUT2D eigenvalue weighted by Gasteiger charge is -2.18. The fourth-order valence-electron chi connectivity index (χ4n) is 2.56. The van der Waals surface area contributed by atoms with Gasteiger partial charge in [-0.1, -0.05) is 54.6 Å². The van der Waals surface area contributed by atoms with Gasteiger partial charge in [-0.15, -0.1) is 0 Å². The lowest BCUT2D eigenvalue weighted by atomic mass is 10.0. The van der Waals surface area contributed by atoms with E-state index in [1.54, 1.807) is 0 Å². The summed E-state index contributed by atoms with van der Waals surface area (Å²) >= 11 is 0. The van der Waals surface area contributed by atoms with E-state index in [-0.39, 0.29) is 0 Å². The molecule has 0 radical (unpaired) electrons. The first-order valence-corrected chi connectivity index (χ1v) is 7.57. The van der Waals surface area contributed by atoms with E-state index < -0.39 is 6.10 Å². The Morgan fingerprint density at radius 2 is 1.77 bits per heavy atom. The summed E-state index contributed by atoms with van der Waals surface area (Å²) in [7, 11) is 2.00. The van der Waals surface area contributed by atoms with E-state index in [2.05, 4.69) is 27.3 Å². The van der Waals surface area contributed by atoms with E-state index in [0.29, 0.717) is 6.54 Å². The van der Waals surface area contributed by atoms with Crippen LogP contribution in [0.4, 0.5) is 0 Å². The topological polar surface area (TPSA) is 47.9 Å². The molecule has 1 atom stereocenters. The molecule has 2 N–H and O–H groups in total. The monoisotopic (exact) mass is 295 g/mol. The van der Waals surface area contributed by atoms with Gasteiger partial charge in [0.1, 0.15) is 0 Å². The number of nitrogens with zero attached hydrogens (tertiary/aromatic N) is 2. The Hall–Kier alpha value is -2.33. The van der Waals surface area contributed by atoms with E-state index in [0.717, 1.165) is 30.2 Å². The van der Waals surface area contributed by atoms with E-state index in [4.69, 9.17) is 0 Å². The Labute approximate surface area is 131 Å². The van der Waals surface area contributed by atoms with Crippen LogP contribution >= 0.6 is 0 Å². The first-order chi connectivity index (χ1) is 10.7. The van der Waals surface area contributed by atoms with Crippen LogP contribution in [0.5, 0.6) is 0 Å². The number of rotatable bonds is 4. The number of likely N-dealkylation sites (N-methyl/N-ethyl adjacent to an activating group) is 1. The number of benzene rings is 2. The molecule has 2 aromatic rings. The van der Waals surface area contributed by atoms with Gasteiger partial charge in [-0.25, -0.2) is 0 Å². The summed E-state index contributed by atoms with van der Waals surface area (Å²) in [6, 6.07) is 18.3. The van der Waals surface area contributed by atoms with Gasteiger partial charge in [0.05, 0.1) is 12.6 Å². The molecule has 1 aliphatic rings. The first kappa shape index (κ1) is 14.6. The molecule has 0 aliphatic carbocycles. The van der Waals surface area contributed by atoms with Crippen LogP contribution in [-0.4, -0.2) is 42.6 Å². The summed E-state index contributed by atoms with van der Waals surface area (Å²) in [6.45, 7) is 2.22. The second-order valence-electron chi connectivity index (χ2n) is 5.51. The van der Waals surface area contributed by atoms with E-state index in [9.17, 15) is 5.11 Å². The molecule has 0 saturated heterocycles. The molecule has 0 saturated carbocycles. The van der Waals surface area contributed by atoms with E-state index in [1.807, 2.05) is 49.5 Å². The first-order valence-electron chi connectivity index (χ1n) is 7.57. The zero-order valence-electron chi connectivity index (χ0n) is 12.7. The highest BCUT2D eigenvalue weighted by Crippen LogP contribution is 2.21. The predicted molar refractivity (Wildman–Crippen MR) is 89.8 cm³/mol. The smallest absolute Gasteiger partial charge is 0.193 e. The van der Waals surface area contributed by atoms with Crippen LogP contribution in [0.1, 0.15) is 11.7 Å². The van der Waals surface area contributed by atoms with Crippen molar-refractivity contribution in [3.05, 3.63) is 60.2 Å². The summed E-state index contributed by atoms with van der Waals surface area (Å²) in [5.41, 5.74) is 3.25. The SMILES string of the molecule is CN1CCN=C1NCC(O)c1ccc(-c2ccccc2)cc1. The minimum atomic E-state index is -0.540. The molecule has 0 bridgehead atoms. The van der Waals surface area contributed by atoms with Crippen molar-refractivity contribution in [1.82, 2.24) is 10.2 Å². The standard InChI is InChI=1S/C18H21N3O/c1-21-12-11-19-18(21)20-13-17(22)16-9-7-15(8-10-16)14-5-3-2-4-6-14/h2-10,17,22H,11-13H2,1H3,(H,19,20). The van der Waals surface area contributed by atoms with E-state index >= 15 is 0 Å². The summed E-state index contributed by atoms with van der Waals surface area (Å²) in [4.78, 5) is 6.42. The normalized spacial score (nSPS) is 15.5. The number of hydrogen-bond donors (Lipinski definition) is 2. The minimum absolute atomic E-state index is 0.466. The average molecular weight is 295 g/mol. The molecule has 22 heavy (non-hydrogen) atoms. The molecule has 4 nitrogen and oxygen atoms in total. The second-order valence-corrected chi connectivity index (χ2v) is 5.51. The van der Waals surface area contributed by atoms with Crippen molar-refractivity contribution < 1.29 is 5.11 Å². The maximum Gasteiger partial charge on any atom is 0.193 e. The Morgan fingerprint density at radius 1 is 1.09 bits per heavy atom. The van der Waals surface area contributed by atoms with Gasteiger partial charge in [-0.05, 0) is 16.7 Å². The zero-order chi connectivity index (χ0) is 15.4. The molecule has 0 fully saturated rings. The zero-order valence-corrected chi connectivity index (χ0v) is 12.7. The molecule has 0 aromatic heterocycles. The summed E-state index contributed by atoms with van der Waals surface area (Å²) in [5.74, 6) is 0.861. The van der Waals surface area contributed by atoms with Crippen LogP contribution in [-0.2, 0) is 0 Å². The van der Waals surface area contributed by atoms with Gasteiger partial charge < -0.3 is 15.3 Å². The number of nitrogens with one attached hydrogen (secondary N) is 1. The third-order valence-corrected chi connectivity index (χ3v) is 3.91. The van der Waals surface area contributed by atoms with Crippen molar-refractivity contribution in [1.29, 1.82) is 0 Å². The molecular weight excluding hydrogens is 274 g/mol. The van der Waals surface area contributed by atoms with Crippen LogP contribution in [0.25, 0.3) is 11.1 Å². The second kappa shape index (κ2) is 6.62. The minimum Gasteiger partial charge on any atom is -0.387 e. The Morgan fingerprint density at radius 3 is 2.41 bits per heavy atom. The largest absolute Gasteiger partial charge is 0.387 e. The number of guanidine groups is 1. The summed E-state index contributed by atoms with van der Waals surface area (Å²) in [6.07, 6.45) is -0.540.